The monoisotopic (exact) mass is 302 g/mol. The largest absolute Gasteiger partial charge is 0.422 e. The zero-order valence-corrected chi connectivity index (χ0v) is 15.0. The first-order valence-electron chi connectivity index (χ1n) is 9.00. The third kappa shape index (κ3) is 3.60. The molecule has 2 heteroatoms. The van der Waals surface area contributed by atoms with Gasteiger partial charge >= 0.3 is 0 Å². The fourth-order valence-electron chi connectivity index (χ4n) is 4.57. The minimum Gasteiger partial charge on any atom is -0.422 e. The Balaban J connectivity index is 1.94. The topological polar surface area (TPSA) is 9.23 Å². The quantitative estimate of drug-likeness (QED) is 0.760. The molecule has 0 bridgehead atoms. The fourth-order valence-corrected chi connectivity index (χ4v) is 5.76. The van der Waals surface area contributed by atoms with Crippen molar-refractivity contribution in [3.05, 3.63) is 29.3 Å². The maximum atomic E-state index is 5.64. The first kappa shape index (κ1) is 15.3. The Hall–Kier alpha value is -0.603. The lowest BCUT2D eigenvalue weighted by Crippen LogP contribution is -2.27. The molecule has 0 spiro atoms. The zero-order chi connectivity index (χ0) is 14.5. The van der Waals surface area contributed by atoms with E-state index in [4.69, 9.17) is 4.43 Å². The lowest BCUT2D eigenvalue weighted by Gasteiger charge is -2.31. The number of hydrogen-bond acceptors (Lipinski definition) is 1. The van der Waals surface area contributed by atoms with Crippen LogP contribution in [-0.4, -0.2) is 16.9 Å². The molecule has 1 nitrogen and oxygen atoms in total. The summed E-state index contributed by atoms with van der Waals surface area (Å²) < 4.78 is 5.64. The van der Waals surface area contributed by atoms with Crippen LogP contribution in [0.3, 0.4) is 0 Å². The smallest absolute Gasteiger partial charge is 0.192 e. The van der Waals surface area contributed by atoms with Crippen molar-refractivity contribution < 1.29 is 4.43 Å². The van der Waals surface area contributed by atoms with Crippen molar-refractivity contribution in [3.8, 4) is 0 Å². The second kappa shape index (κ2) is 7.60. The molecule has 2 aliphatic rings. The molecule has 116 valence electrons. The Bertz CT molecular complexity index is 445. The third-order valence-electron chi connectivity index (χ3n) is 5.59. The average molecular weight is 303 g/mol. The van der Waals surface area contributed by atoms with Gasteiger partial charge in [0.05, 0.1) is 0 Å². The number of hydrogen-bond donors (Lipinski definition) is 0. The molecule has 0 aromatic heterocycles. The van der Waals surface area contributed by atoms with Crippen molar-refractivity contribution in [1.82, 2.24) is 0 Å². The van der Waals surface area contributed by atoms with E-state index in [9.17, 15) is 0 Å². The van der Waals surface area contributed by atoms with E-state index in [2.05, 4.69) is 18.2 Å². The lowest BCUT2D eigenvalue weighted by molar-refractivity contribution is 0.418. The summed E-state index contributed by atoms with van der Waals surface area (Å²) in [6, 6.07) is 7.12. The van der Waals surface area contributed by atoms with Gasteiger partial charge in [-0.3, -0.25) is 0 Å². The molecule has 2 fully saturated rings. The predicted octanol–water partition coefficient (Wildman–Crippen LogP) is 4.14. The molecule has 0 heterocycles. The summed E-state index contributed by atoms with van der Waals surface area (Å²) in [5.41, 5.74) is 3.46. The van der Waals surface area contributed by atoms with E-state index in [0.29, 0.717) is 0 Å². The van der Waals surface area contributed by atoms with Gasteiger partial charge in [0.2, 0.25) is 0 Å². The molecule has 0 radical (unpaired) electrons. The van der Waals surface area contributed by atoms with Crippen LogP contribution in [0, 0.1) is 0 Å². The van der Waals surface area contributed by atoms with Crippen molar-refractivity contribution >= 4 is 14.9 Å². The van der Waals surface area contributed by atoms with Gasteiger partial charge in [-0.15, -0.1) is 0 Å². The highest BCUT2D eigenvalue weighted by Gasteiger charge is 2.25. The molecule has 2 aliphatic carbocycles. The highest BCUT2D eigenvalue weighted by atomic mass is 28.2. The Morgan fingerprint density at radius 2 is 1.48 bits per heavy atom. The minimum atomic E-state index is -0.532. The molecular formula is C19H30OSi. The van der Waals surface area contributed by atoms with Gasteiger partial charge < -0.3 is 4.43 Å². The van der Waals surface area contributed by atoms with Gasteiger partial charge in [-0.25, -0.2) is 0 Å². The van der Waals surface area contributed by atoms with Crippen LogP contribution in [0.1, 0.15) is 87.2 Å². The van der Waals surface area contributed by atoms with Crippen LogP contribution in [0.2, 0.25) is 0 Å². The maximum absolute atomic E-state index is 5.64. The molecule has 0 atom stereocenters. The standard InChI is InChI=1S/C19H30OSi/c1-20-21-18-14-8-13-17(15-9-4-2-5-10-15)19(18)16-11-6-3-7-12-16/h8,13-16H,2-7,9-12,21H2,1H3. The summed E-state index contributed by atoms with van der Waals surface area (Å²) in [4.78, 5) is 0. The maximum Gasteiger partial charge on any atom is 0.192 e. The van der Waals surface area contributed by atoms with E-state index in [0.717, 1.165) is 11.8 Å². The first-order chi connectivity index (χ1) is 10.4. The second-order valence-electron chi connectivity index (χ2n) is 7.02. The molecule has 0 saturated heterocycles. The zero-order valence-electron chi connectivity index (χ0n) is 13.6. The van der Waals surface area contributed by atoms with E-state index in [1.165, 1.54) is 64.2 Å². The molecule has 2 saturated carbocycles. The highest BCUT2D eigenvalue weighted by Crippen LogP contribution is 2.40. The fraction of sp³-hybridized carbons (Fsp3) is 0.684. The van der Waals surface area contributed by atoms with Gasteiger partial charge in [0.1, 0.15) is 0 Å². The van der Waals surface area contributed by atoms with Crippen LogP contribution in [0.25, 0.3) is 0 Å². The summed E-state index contributed by atoms with van der Waals surface area (Å²) in [7, 11) is 1.36. The van der Waals surface area contributed by atoms with Gasteiger partial charge in [-0.2, -0.15) is 0 Å². The molecule has 21 heavy (non-hydrogen) atoms. The highest BCUT2D eigenvalue weighted by molar-refractivity contribution is 6.47. The molecule has 0 unspecified atom stereocenters. The van der Waals surface area contributed by atoms with Gasteiger partial charge in [-0.05, 0) is 53.8 Å². The Morgan fingerprint density at radius 1 is 0.857 bits per heavy atom. The summed E-state index contributed by atoms with van der Waals surface area (Å²) in [5.74, 6) is 1.66. The lowest BCUT2D eigenvalue weighted by atomic mass is 9.76. The van der Waals surface area contributed by atoms with E-state index < -0.39 is 9.76 Å². The molecule has 0 amide bonds. The molecule has 1 aromatic rings. The summed E-state index contributed by atoms with van der Waals surface area (Å²) in [6.07, 6.45) is 14.3. The van der Waals surface area contributed by atoms with Crippen molar-refractivity contribution in [2.45, 2.75) is 76.0 Å². The van der Waals surface area contributed by atoms with Crippen LogP contribution in [0.15, 0.2) is 18.2 Å². The molecular weight excluding hydrogens is 272 g/mol. The number of rotatable bonds is 4. The van der Waals surface area contributed by atoms with Gasteiger partial charge in [0.25, 0.3) is 0 Å². The van der Waals surface area contributed by atoms with E-state index in [1.54, 1.807) is 16.3 Å². The van der Waals surface area contributed by atoms with Crippen LogP contribution >= 0.6 is 0 Å². The Morgan fingerprint density at radius 3 is 2.10 bits per heavy atom. The normalized spacial score (nSPS) is 22.1. The van der Waals surface area contributed by atoms with Gasteiger partial charge in [0.15, 0.2) is 9.76 Å². The van der Waals surface area contributed by atoms with Crippen molar-refractivity contribution in [2.75, 3.05) is 7.11 Å². The van der Waals surface area contributed by atoms with Crippen molar-refractivity contribution in [1.29, 1.82) is 0 Å². The van der Waals surface area contributed by atoms with Crippen LogP contribution < -0.4 is 5.19 Å². The molecule has 1 aromatic carbocycles. The average Bonchev–Trinajstić information content (AvgIpc) is 2.56. The summed E-state index contributed by atoms with van der Waals surface area (Å²) in [6.45, 7) is 0. The second-order valence-corrected chi connectivity index (χ2v) is 8.65. The number of benzene rings is 1. The van der Waals surface area contributed by atoms with Gasteiger partial charge in [0, 0.05) is 7.11 Å². The predicted molar refractivity (Wildman–Crippen MR) is 93.3 cm³/mol. The van der Waals surface area contributed by atoms with Crippen molar-refractivity contribution in [3.63, 3.8) is 0 Å². The van der Waals surface area contributed by atoms with Crippen LogP contribution in [0.4, 0.5) is 0 Å². The third-order valence-corrected chi connectivity index (χ3v) is 6.80. The Labute approximate surface area is 132 Å². The Kier molecular flexibility index (Phi) is 5.53. The summed E-state index contributed by atoms with van der Waals surface area (Å²) in [5, 5.41) is 1.60. The summed E-state index contributed by atoms with van der Waals surface area (Å²) >= 11 is 0. The van der Waals surface area contributed by atoms with Crippen LogP contribution in [-0.2, 0) is 4.43 Å². The molecule has 3 rings (SSSR count). The van der Waals surface area contributed by atoms with E-state index in [-0.39, 0.29) is 0 Å². The SMILES string of the molecule is CO[SiH2]c1cccc(C2CCCCC2)c1C1CCCCC1. The van der Waals surface area contributed by atoms with Gasteiger partial charge in [-0.1, -0.05) is 56.7 Å². The van der Waals surface area contributed by atoms with Crippen molar-refractivity contribution in [2.24, 2.45) is 0 Å². The van der Waals surface area contributed by atoms with Crippen LogP contribution in [0.5, 0.6) is 0 Å². The van der Waals surface area contributed by atoms with E-state index in [1.807, 2.05) is 7.11 Å². The minimum absolute atomic E-state index is 0.532. The molecule has 0 aliphatic heterocycles. The first-order valence-corrected chi connectivity index (χ1v) is 10.3. The molecule has 0 N–H and O–H groups in total. The van der Waals surface area contributed by atoms with E-state index >= 15 is 0 Å².